The van der Waals surface area contributed by atoms with Crippen LogP contribution in [0.2, 0.25) is 0 Å². The molecule has 4 amide bonds. The topological polar surface area (TPSA) is 93.8 Å². The molecule has 2 rings (SSSR count). The van der Waals surface area contributed by atoms with Gasteiger partial charge in [-0.2, -0.15) is 0 Å². The Kier molecular flexibility index (Phi) is 8.41. The summed E-state index contributed by atoms with van der Waals surface area (Å²) in [4.78, 5) is 40.3. The second-order valence-electron chi connectivity index (χ2n) is 7.50. The van der Waals surface area contributed by atoms with Crippen molar-refractivity contribution in [1.82, 2.24) is 20.4 Å². The van der Waals surface area contributed by atoms with Gasteiger partial charge in [0.2, 0.25) is 11.8 Å². The Hall–Kier alpha value is -2.45. The fourth-order valence-corrected chi connectivity index (χ4v) is 2.96. The van der Waals surface area contributed by atoms with E-state index in [0.717, 1.165) is 5.69 Å². The number of carbonyl (C=O) groups is 3. The normalized spacial score (nSPS) is 16.4. The molecule has 0 aromatic heterocycles. The lowest BCUT2D eigenvalue weighted by Gasteiger charge is -2.37. The van der Waals surface area contributed by atoms with E-state index in [1.165, 1.54) is 0 Å². The monoisotopic (exact) mass is 389 g/mol. The number of nitrogens with zero attached hydrogens (tertiary/aromatic N) is 2. The number of anilines is 1. The Labute approximate surface area is 166 Å². The van der Waals surface area contributed by atoms with Gasteiger partial charge in [-0.3, -0.25) is 24.7 Å². The first-order valence-corrected chi connectivity index (χ1v) is 9.75. The molecule has 1 aromatic carbocycles. The second-order valence-corrected chi connectivity index (χ2v) is 7.50. The molecule has 1 aliphatic rings. The van der Waals surface area contributed by atoms with E-state index in [2.05, 4.69) is 20.9 Å². The van der Waals surface area contributed by atoms with Gasteiger partial charge in [0.05, 0.1) is 12.6 Å². The highest BCUT2D eigenvalue weighted by atomic mass is 16.2. The highest BCUT2D eigenvalue weighted by Gasteiger charge is 2.27. The van der Waals surface area contributed by atoms with Crippen LogP contribution in [-0.4, -0.2) is 73.0 Å². The number of piperazine rings is 1. The maximum atomic E-state index is 12.3. The molecule has 0 radical (unpaired) electrons. The Morgan fingerprint density at radius 2 is 1.64 bits per heavy atom. The summed E-state index contributed by atoms with van der Waals surface area (Å²) in [5, 5.41) is 7.95. The summed E-state index contributed by atoms with van der Waals surface area (Å²) in [5.74, 6) is -0.0331. The molecule has 8 nitrogen and oxygen atoms in total. The molecule has 1 heterocycles. The predicted octanol–water partition coefficient (Wildman–Crippen LogP) is 1.11. The van der Waals surface area contributed by atoms with E-state index in [-0.39, 0.29) is 11.8 Å². The number of benzene rings is 1. The third kappa shape index (κ3) is 7.28. The van der Waals surface area contributed by atoms with Gasteiger partial charge < -0.3 is 10.6 Å². The zero-order chi connectivity index (χ0) is 20.5. The number of nitrogens with one attached hydrogen (secondary N) is 3. The van der Waals surface area contributed by atoms with Crippen LogP contribution in [0.1, 0.15) is 20.8 Å². The van der Waals surface area contributed by atoms with Gasteiger partial charge in [0.15, 0.2) is 0 Å². The molecule has 1 atom stereocenters. The van der Waals surface area contributed by atoms with E-state index in [4.69, 9.17) is 0 Å². The van der Waals surface area contributed by atoms with Gasteiger partial charge in [0.1, 0.15) is 0 Å². The van der Waals surface area contributed by atoms with Crippen LogP contribution in [-0.2, 0) is 9.59 Å². The summed E-state index contributed by atoms with van der Waals surface area (Å²) in [6.45, 7) is 9.34. The molecule has 1 aliphatic heterocycles. The molecule has 0 aliphatic carbocycles. The van der Waals surface area contributed by atoms with Crippen LogP contribution >= 0.6 is 0 Å². The third-order valence-electron chi connectivity index (χ3n) is 4.67. The zero-order valence-electron chi connectivity index (χ0n) is 16.9. The molecule has 28 heavy (non-hydrogen) atoms. The van der Waals surface area contributed by atoms with Crippen molar-refractivity contribution < 1.29 is 14.4 Å². The number of urea groups is 1. The van der Waals surface area contributed by atoms with E-state index in [0.29, 0.717) is 45.2 Å². The molecular formula is C20H31N5O3. The summed E-state index contributed by atoms with van der Waals surface area (Å²) in [6.07, 6.45) is 0. The molecule has 1 saturated heterocycles. The smallest absolute Gasteiger partial charge is 0.321 e. The Morgan fingerprint density at radius 3 is 2.25 bits per heavy atom. The lowest BCUT2D eigenvalue weighted by molar-refractivity contribution is -0.126. The number of amides is 4. The minimum Gasteiger partial charge on any atom is -0.338 e. The molecule has 1 fully saturated rings. The van der Waals surface area contributed by atoms with Crippen molar-refractivity contribution in [2.75, 3.05) is 44.6 Å². The van der Waals surface area contributed by atoms with Gasteiger partial charge in [-0.15, -0.1) is 0 Å². The highest BCUT2D eigenvalue weighted by Crippen LogP contribution is 2.08. The number of hydrogen-bond donors (Lipinski definition) is 3. The van der Waals surface area contributed by atoms with E-state index in [1.54, 1.807) is 6.92 Å². The SMILES string of the molecule is CC(C)CNC(=O)NC(=O)C(C)N1CCN(CC(=O)Nc2ccccc2)CC1. The van der Waals surface area contributed by atoms with Crippen molar-refractivity contribution in [2.24, 2.45) is 5.92 Å². The van der Waals surface area contributed by atoms with Crippen LogP contribution in [0, 0.1) is 5.92 Å². The van der Waals surface area contributed by atoms with Gasteiger partial charge in [0.25, 0.3) is 0 Å². The molecule has 0 spiro atoms. The van der Waals surface area contributed by atoms with Crippen molar-refractivity contribution >= 4 is 23.5 Å². The van der Waals surface area contributed by atoms with Crippen molar-refractivity contribution in [3.05, 3.63) is 30.3 Å². The van der Waals surface area contributed by atoms with Gasteiger partial charge in [-0.25, -0.2) is 4.79 Å². The van der Waals surface area contributed by atoms with Gasteiger partial charge in [-0.05, 0) is 25.0 Å². The minimum absolute atomic E-state index is 0.0488. The first-order chi connectivity index (χ1) is 13.3. The van der Waals surface area contributed by atoms with Crippen LogP contribution in [0.4, 0.5) is 10.5 Å². The standard InChI is InChI=1S/C20H31N5O3/c1-15(2)13-21-20(28)23-19(27)16(3)25-11-9-24(10-12-25)14-18(26)22-17-7-5-4-6-8-17/h4-8,15-16H,9-14H2,1-3H3,(H,22,26)(H2,21,23,27,28). The molecule has 1 aromatic rings. The van der Waals surface area contributed by atoms with Crippen molar-refractivity contribution in [2.45, 2.75) is 26.8 Å². The summed E-state index contributed by atoms with van der Waals surface area (Å²) >= 11 is 0. The largest absolute Gasteiger partial charge is 0.338 e. The van der Waals surface area contributed by atoms with Crippen LogP contribution in [0.25, 0.3) is 0 Å². The van der Waals surface area contributed by atoms with Crippen LogP contribution in [0.3, 0.4) is 0 Å². The Balaban J connectivity index is 1.71. The minimum atomic E-state index is -0.457. The maximum absolute atomic E-state index is 12.3. The zero-order valence-corrected chi connectivity index (χ0v) is 16.9. The van der Waals surface area contributed by atoms with Gasteiger partial charge in [-0.1, -0.05) is 32.0 Å². The van der Waals surface area contributed by atoms with Crippen LogP contribution in [0.5, 0.6) is 0 Å². The lowest BCUT2D eigenvalue weighted by Crippen LogP contribution is -2.56. The summed E-state index contributed by atoms with van der Waals surface area (Å²) < 4.78 is 0. The highest BCUT2D eigenvalue weighted by molar-refractivity contribution is 5.96. The first-order valence-electron chi connectivity index (χ1n) is 9.75. The Bertz CT molecular complexity index is 657. The molecule has 8 heteroatoms. The maximum Gasteiger partial charge on any atom is 0.321 e. The fraction of sp³-hybridized carbons (Fsp3) is 0.550. The number of imide groups is 1. The molecular weight excluding hydrogens is 358 g/mol. The number of hydrogen-bond acceptors (Lipinski definition) is 5. The number of carbonyl (C=O) groups excluding carboxylic acids is 3. The average molecular weight is 390 g/mol. The predicted molar refractivity (Wildman–Crippen MR) is 109 cm³/mol. The molecule has 154 valence electrons. The number of rotatable bonds is 7. The summed E-state index contributed by atoms with van der Waals surface area (Å²) in [5.41, 5.74) is 0.784. The number of para-hydroxylation sites is 1. The van der Waals surface area contributed by atoms with Crippen molar-refractivity contribution in [3.63, 3.8) is 0 Å². The van der Waals surface area contributed by atoms with Crippen LogP contribution in [0.15, 0.2) is 30.3 Å². The van der Waals surface area contributed by atoms with Crippen molar-refractivity contribution in [3.8, 4) is 0 Å². The van der Waals surface area contributed by atoms with E-state index in [1.807, 2.05) is 49.1 Å². The summed E-state index contributed by atoms with van der Waals surface area (Å²) in [6, 6.07) is 8.52. The first kappa shape index (κ1) is 21.8. The van der Waals surface area contributed by atoms with Crippen LogP contribution < -0.4 is 16.0 Å². The van der Waals surface area contributed by atoms with Gasteiger partial charge in [0, 0.05) is 38.4 Å². The van der Waals surface area contributed by atoms with Gasteiger partial charge >= 0.3 is 6.03 Å². The van der Waals surface area contributed by atoms with E-state index >= 15 is 0 Å². The van der Waals surface area contributed by atoms with E-state index in [9.17, 15) is 14.4 Å². The molecule has 0 bridgehead atoms. The van der Waals surface area contributed by atoms with Crippen molar-refractivity contribution in [1.29, 1.82) is 0 Å². The third-order valence-corrected chi connectivity index (χ3v) is 4.67. The second kappa shape index (κ2) is 10.8. The Morgan fingerprint density at radius 1 is 1.00 bits per heavy atom. The van der Waals surface area contributed by atoms with E-state index < -0.39 is 12.1 Å². The molecule has 3 N–H and O–H groups in total. The molecule has 0 saturated carbocycles. The summed E-state index contributed by atoms with van der Waals surface area (Å²) in [7, 11) is 0. The molecule has 1 unspecified atom stereocenters. The fourth-order valence-electron chi connectivity index (χ4n) is 2.96. The lowest BCUT2D eigenvalue weighted by atomic mass is 10.2. The quantitative estimate of drug-likeness (QED) is 0.650. The average Bonchev–Trinajstić information content (AvgIpc) is 2.67.